The van der Waals surface area contributed by atoms with Gasteiger partial charge in [-0.05, 0) is 36.3 Å². The smallest absolute Gasteiger partial charge is 0.338 e. The first-order valence-corrected chi connectivity index (χ1v) is 7.68. The van der Waals surface area contributed by atoms with E-state index >= 15 is 0 Å². The maximum Gasteiger partial charge on any atom is 0.338 e. The molecule has 3 atom stereocenters. The SMILES string of the molecule is CC1CCC(C)(COC(=O)c2ccc([NH+]([O-])O)cc2)C1(C)C. The lowest BCUT2D eigenvalue weighted by atomic mass is 9.66. The normalized spacial score (nSPS) is 28.4. The molecule has 0 amide bonds. The van der Waals surface area contributed by atoms with E-state index in [0.717, 1.165) is 12.8 Å². The van der Waals surface area contributed by atoms with Gasteiger partial charge in [0.1, 0.15) is 0 Å². The molecule has 0 heterocycles. The van der Waals surface area contributed by atoms with Crippen LogP contribution in [-0.4, -0.2) is 17.8 Å². The number of rotatable bonds is 4. The van der Waals surface area contributed by atoms with Crippen LogP contribution >= 0.6 is 0 Å². The molecule has 1 aliphatic carbocycles. The molecule has 0 spiro atoms. The van der Waals surface area contributed by atoms with Gasteiger partial charge in [-0.3, -0.25) is 0 Å². The van der Waals surface area contributed by atoms with Gasteiger partial charge in [-0.2, -0.15) is 5.23 Å². The Labute approximate surface area is 131 Å². The van der Waals surface area contributed by atoms with E-state index in [1.807, 2.05) is 0 Å². The number of esters is 1. The highest BCUT2D eigenvalue weighted by Gasteiger charge is 2.50. The van der Waals surface area contributed by atoms with E-state index in [2.05, 4.69) is 27.7 Å². The van der Waals surface area contributed by atoms with Crippen molar-refractivity contribution in [2.75, 3.05) is 6.61 Å². The van der Waals surface area contributed by atoms with Crippen molar-refractivity contribution in [1.82, 2.24) is 0 Å². The summed E-state index contributed by atoms with van der Waals surface area (Å²) in [6, 6.07) is 5.83. The number of benzene rings is 1. The summed E-state index contributed by atoms with van der Waals surface area (Å²) in [5.74, 6) is 0.208. The predicted molar refractivity (Wildman–Crippen MR) is 82.8 cm³/mol. The Balaban J connectivity index is 2.01. The summed E-state index contributed by atoms with van der Waals surface area (Å²) in [5, 5.41) is 18.7. The average molecular weight is 307 g/mol. The van der Waals surface area contributed by atoms with Crippen molar-refractivity contribution in [2.24, 2.45) is 16.7 Å². The number of quaternary nitrogens is 1. The lowest BCUT2D eigenvalue weighted by molar-refractivity contribution is -0.991. The van der Waals surface area contributed by atoms with Gasteiger partial charge in [0.25, 0.3) is 0 Å². The summed E-state index contributed by atoms with van der Waals surface area (Å²) < 4.78 is 5.51. The van der Waals surface area contributed by atoms with Crippen LogP contribution in [0.1, 0.15) is 50.9 Å². The fraction of sp³-hybridized carbons (Fsp3) is 0.588. The minimum Gasteiger partial charge on any atom is -0.595 e. The van der Waals surface area contributed by atoms with Gasteiger partial charge in [0.2, 0.25) is 0 Å². The van der Waals surface area contributed by atoms with Crippen molar-refractivity contribution in [2.45, 2.75) is 40.5 Å². The van der Waals surface area contributed by atoms with E-state index in [-0.39, 0.29) is 16.5 Å². The monoisotopic (exact) mass is 307 g/mol. The molecule has 1 aromatic carbocycles. The lowest BCUT2D eigenvalue weighted by Crippen LogP contribution is -2.99. The highest BCUT2D eigenvalue weighted by molar-refractivity contribution is 5.89. The second-order valence-corrected chi connectivity index (χ2v) is 7.18. The maximum atomic E-state index is 12.1. The fourth-order valence-corrected chi connectivity index (χ4v) is 3.13. The van der Waals surface area contributed by atoms with E-state index in [9.17, 15) is 10.0 Å². The van der Waals surface area contributed by atoms with E-state index in [4.69, 9.17) is 9.94 Å². The largest absolute Gasteiger partial charge is 0.595 e. The first kappa shape index (κ1) is 16.9. The maximum absolute atomic E-state index is 12.1. The first-order chi connectivity index (χ1) is 10.2. The molecule has 22 heavy (non-hydrogen) atoms. The van der Waals surface area contributed by atoms with E-state index in [0.29, 0.717) is 18.1 Å². The fourth-order valence-electron chi connectivity index (χ4n) is 3.13. The van der Waals surface area contributed by atoms with Crippen molar-refractivity contribution in [3.63, 3.8) is 0 Å². The van der Waals surface area contributed by atoms with Gasteiger partial charge in [0.15, 0.2) is 5.69 Å². The second-order valence-electron chi connectivity index (χ2n) is 7.18. The zero-order valence-corrected chi connectivity index (χ0v) is 13.7. The summed E-state index contributed by atoms with van der Waals surface area (Å²) in [5.41, 5.74) is 0.649. The number of ether oxygens (including phenoxy) is 1. The predicted octanol–water partition coefficient (Wildman–Crippen LogP) is 2.71. The Morgan fingerprint density at radius 2 is 1.95 bits per heavy atom. The third kappa shape index (κ3) is 3.02. The van der Waals surface area contributed by atoms with Crippen LogP contribution in [0.4, 0.5) is 5.69 Å². The Morgan fingerprint density at radius 1 is 1.36 bits per heavy atom. The summed E-state index contributed by atoms with van der Waals surface area (Å²) in [6.45, 7) is 9.29. The van der Waals surface area contributed by atoms with Crippen LogP contribution < -0.4 is 5.23 Å². The first-order valence-electron chi connectivity index (χ1n) is 7.68. The van der Waals surface area contributed by atoms with Gasteiger partial charge in [0, 0.05) is 17.5 Å². The van der Waals surface area contributed by atoms with Gasteiger partial charge >= 0.3 is 5.97 Å². The zero-order chi connectivity index (χ0) is 16.5. The highest BCUT2D eigenvalue weighted by Crippen LogP contribution is 2.55. The van der Waals surface area contributed by atoms with Gasteiger partial charge < -0.3 is 9.94 Å². The quantitative estimate of drug-likeness (QED) is 0.662. The van der Waals surface area contributed by atoms with Crippen LogP contribution in [-0.2, 0) is 4.74 Å². The zero-order valence-electron chi connectivity index (χ0n) is 13.7. The van der Waals surface area contributed by atoms with Gasteiger partial charge in [-0.25, -0.2) is 10.0 Å². The Morgan fingerprint density at radius 3 is 2.41 bits per heavy atom. The van der Waals surface area contributed by atoms with Crippen LogP contribution in [0.3, 0.4) is 0 Å². The minimum atomic E-state index is -1.01. The molecule has 1 fully saturated rings. The standard InChI is InChI=1S/C17H25NO4/c1-12-9-10-17(4,16(12,2)3)11-22-15(19)13-5-7-14(8-6-13)18(20)21/h5-8,12,18,20H,9-11H2,1-4H3. The Bertz CT molecular complexity index is 538. The van der Waals surface area contributed by atoms with E-state index in [1.165, 1.54) is 24.3 Å². The van der Waals surface area contributed by atoms with Gasteiger partial charge in [0.05, 0.1) is 12.2 Å². The van der Waals surface area contributed by atoms with Crippen LogP contribution in [0, 0.1) is 22.0 Å². The molecule has 122 valence electrons. The van der Waals surface area contributed by atoms with Crippen molar-refractivity contribution < 1.29 is 20.0 Å². The van der Waals surface area contributed by atoms with Crippen molar-refractivity contribution in [1.29, 1.82) is 0 Å². The van der Waals surface area contributed by atoms with Crippen molar-refractivity contribution in [3.8, 4) is 0 Å². The summed E-state index contributed by atoms with van der Waals surface area (Å²) in [6.07, 6.45) is 2.20. The van der Waals surface area contributed by atoms with E-state index < -0.39 is 11.2 Å². The van der Waals surface area contributed by atoms with E-state index in [1.54, 1.807) is 0 Å². The average Bonchev–Trinajstić information content (AvgIpc) is 2.69. The summed E-state index contributed by atoms with van der Waals surface area (Å²) >= 11 is 0. The topological polar surface area (TPSA) is 74.0 Å². The molecule has 2 rings (SSSR count). The molecule has 0 radical (unpaired) electrons. The third-order valence-electron chi connectivity index (χ3n) is 5.81. The molecular weight excluding hydrogens is 282 g/mol. The summed E-state index contributed by atoms with van der Waals surface area (Å²) in [7, 11) is 0. The minimum absolute atomic E-state index is 0.0247. The van der Waals surface area contributed by atoms with Crippen molar-refractivity contribution >= 4 is 11.7 Å². The van der Waals surface area contributed by atoms with Gasteiger partial charge in [-0.15, -0.1) is 0 Å². The molecule has 5 nitrogen and oxygen atoms in total. The molecule has 1 aromatic rings. The summed E-state index contributed by atoms with van der Waals surface area (Å²) in [4.78, 5) is 12.1. The Hall–Kier alpha value is -1.43. The third-order valence-corrected chi connectivity index (χ3v) is 5.81. The molecule has 5 heteroatoms. The molecule has 0 aromatic heterocycles. The Kier molecular flexibility index (Phi) is 4.61. The van der Waals surface area contributed by atoms with Crippen LogP contribution in [0.15, 0.2) is 24.3 Å². The van der Waals surface area contributed by atoms with Crippen LogP contribution in [0.25, 0.3) is 0 Å². The van der Waals surface area contributed by atoms with Crippen LogP contribution in [0.2, 0.25) is 0 Å². The highest BCUT2D eigenvalue weighted by atomic mass is 16.8. The lowest BCUT2D eigenvalue weighted by Gasteiger charge is -2.40. The number of hydrogen-bond donors (Lipinski definition) is 2. The molecule has 2 N–H and O–H groups in total. The number of nitrogens with one attached hydrogen (secondary N) is 1. The molecule has 0 saturated heterocycles. The van der Waals surface area contributed by atoms with Crippen molar-refractivity contribution in [3.05, 3.63) is 35.0 Å². The number of carbonyl (C=O) groups excluding carboxylic acids is 1. The number of carbonyl (C=O) groups is 1. The molecule has 1 aliphatic rings. The molecule has 1 saturated carbocycles. The second kappa shape index (κ2) is 5.99. The molecule has 3 unspecified atom stereocenters. The number of hydrogen-bond acceptors (Lipinski definition) is 4. The van der Waals surface area contributed by atoms with Crippen LogP contribution in [0.5, 0.6) is 0 Å². The van der Waals surface area contributed by atoms with Gasteiger partial charge in [-0.1, -0.05) is 27.7 Å². The molecule has 0 aliphatic heterocycles. The molecular formula is C17H25NO4. The molecule has 0 bridgehead atoms.